The fourth-order valence-electron chi connectivity index (χ4n) is 1.39. The third-order valence-corrected chi connectivity index (χ3v) is 2.80. The second-order valence-corrected chi connectivity index (χ2v) is 4.30. The summed E-state index contributed by atoms with van der Waals surface area (Å²) in [5.41, 5.74) is 6.05. The predicted octanol–water partition coefficient (Wildman–Crippen LogP) is 0.498. The molecule has 1 unspecified atom stereocenters. The first-order valence-corrected chi connectivity index (χ1v) is 5.27. The van der Waals surface area contributed by atoms with Crippen LogP contribution in [-0.2, 0) is 7.05 Å². The van der Waals surface area contributed by atoms with E-state index in [0.29, 0.717) is 17.8 Å². The number of hydrogen-bond donors (Lipinski definition) is 3. The molecule has 0 aliphatic rings. The van der Waals surface area contributed by atoms with E-state index in [2.05, 4.69) is 5.32 Å². The van der Waals surface area contributed by atoms with Crippen LogP contribution in [0.5, 0.6) is 0 Å². The van der Waals surface area contributed by atoms with Gasteiger partial charge in [-0.05, 0) is 19.4 Å². The minimum absolute atomic E-state index is 0.0881. The van der Waals surface area contributed by atoms with Crippen molar-refractivity contribution in [1.29, 1.82) is 0 Å². The summed E-state index contributed by atoms with van der Waals surface area (Å²) in [6.45, 7) is 3.63. The molecule has 1 aromatic rings. The molecular weight excluding hydrogens is 206 g/mol. The van der Waals surface area contributed by atoms with Gasteiger partial charge in [0.25, 0.3) is 5.91 Å². The van der Waals surface area contributed by atoms with Crippen molar-refractivity contribution in [2.24, 2.45) is 7.05 Å². The summed E-state index contributed by atoms with van der Waals surface area (Å²) in [5.74, 6) is -0.224. The van der Waals surface area contributed by atoms with Crippen molar-refractivity contribution < 1.29 is 9.90 Å². The van der Waals surface area contributed by atoms with E-state index in [1.54, 1.807) is 30.8 Å². The molecule has 0 aliphatic heterocycles. The first kappa shape index (κ1) is 12.6. The average molecular weight is 225 g/mol. The van der Waals surface area contributed by atoms with Crippen molar-refractivity contribution in [3.63, 3.8) is 0 Å². The van der Waals surface area contributed by atoms with Crippen LogP contribution in [-0.4, -0.2) is 27.7 Å². The molecule has 5 heteroatoms. The summed E-state index contributed by atoms with van der Waals surface area (Å²) >= 11 is 0. The Morgan fingerprint density at radius 1 is 1.69 bits per heavy atom. The van der Waals surface area contributed by atoms with Crippen LogP contribution in [0.2, 0.25) is 0 Å². The molecule has 0 fully saturated rings. The average Bonchev–Trinajstić information content (AvgIpc) is 2.57. The van der Waals surface area contributed by atoms with E-state index < -0.39 is 5.54 Å². The number of carbonyl (C=O) groups is 1. The zero-order chi connectivity index (χ0) is 12.3. The van der Waals surface area contributed by atoms with Gasteiger partial charge in [0.2, 0.25) is 0 Å². The van der Waals surface area contributed by atoms with Crippen molar-refractivity contribution >= 4 is 11.6 Å². The standard InChI is InChI=1S/C11H19N3O2/c1-4-11(2,7-15)13-10(16)9-5-8(12)6-14(9)3/h5-6,15H,4,7,12H2,1-3H3,(H,13,16). The fraction of sp³-hybridized carbons (Fsp3) is 0.545. The first-order valence-electron chi connectivity index (χ1n) is 5.27. The molecule has 0 radical (unpaired) electrons. The SMILES string of the molecule is CCC(C)(CO)NC(=O)c1cc(N)cn1C. The number of aliphatic hydroxyl groups excluding tert-OH is 1. The van der Waals surface area contributed by atoms with Crippen LogP contribution < -0.4 is 11.1 Å². The third kappa shape index (κ3) is 2.55. The van der Waals surface area contributed by atoms with E-state index in [-0.39, 0.29) is 12.5 Å². The number of nitrogens with zero attached hydrogens (tertiary/aromatic N) is 1. The number of hydrogen-bond acceptors (Lipinski definition) is 3. The number of amides is 1. The maximum Gasteiger partial charge on any atom is 0.268 e. The second-order valence-electron chi connectivity index (χ2n) is 4.30. The number of aryl methyl sites for hydroxylation is 1. The van der Waals surface area contributed by atoms with Crippen molar-refractivity contribution in [2.45, 2.75) is 25.8 Å². The Hall–Kier alpha value is -1.49. The van der Waals surface area contributed by atoms with Gasteiger partial charge in [-0.1, -0.05) is 6.92 Å². The molecule has 4 N–H and O–H groups in total. The number of rotatable bonds is 4. The first-order chi connectivity index (χ1) is 7.41. The summed E-state index contributed by atoms with van der Waals surface area (Å²) in [6, 6.07) is 1.61. The lowest BCUT2D eigenvalue weighted by atomic mass is 10.00. The van der Waals surface area contributed by atoms with Gasteiger partial charge < -0.3 is 20.7 Å². The molecule has 90 valence electrons. The molecule has 0 aliphatic carbocycles. The molecule has 0 spiro atoms. The molecule has 1 atom stereocenters. The normalized spacial score (nSPS) is 14.5. The number of nitrogens with one attached hydrogen (secondary N) is 1. The van der Waals surface area contributed by atoms with Crippen LogP contribution in [0.15, 0.2) is 12.3 Å². The monoisotopic (exact) mass is 225 g/mol. The van der Waals surface area contributed by atoms with Gasteiger partial charge in [0.15, 0.2) is 0 Å². The quantitative estimate of drug-likeness (QED) is 0.698. The van der Waals surface area contributed by atoms with Gasteiger partial charge in [-0.25, -0.2) is 0 Å². The zero-order valence-electron chi connectivity index (χ0n) is 9.95. The molecule has 5 nitrogen and oxygen atoms in total. The Kier molecular flexibility index (Phi) is 3.59. The minimum Gasteiger partial charge on any atom is -0.397 e. The van der Waals surface area contributed by atoms with Crippen LogP contribution in [0.4, 0.5) is 5.69 Å². The second kappa shape index (κ2) is 4.57. The number of carbonyl (C=O) groups excluding carboxylic acids is 1. The highest BCUT2D eigenvalue weighted by atomic mass is 16.3. The van der Waals surface area contributed by atoms with E-state index >= 15 is 0 Å². The van der Waals surface area contributed by atoms with Crippen LogP contribution >= 0.6 is 0 Å². The van der Waals surface area contributed by atoms with Crippen molar-refractivity contribution in [3.8, 4) is 0 Å². The summed E-state index contributed by atoms with van der Waals surface area (Å²) in [7, 11) is 1.76. The Labute approximate surface area is 95.3 Å². The number of aromatic nitrogens is 1. The number of anilines is 1. The summed E-state index contributed by atoms with van der Waals surface area (Å²) < 4.78 is 1.66. The Balaban J connectivity index is 2.84. The molecule has 0 bridgehead atoms. The van der Waals surface area contributed by atoms with E-state index in [4.69, 9.17) is 5.73 Å². The Morgan fingerprint density at radius 2 is 2.31 bits per heavy atom. The van der Waals surface area contributed by atoms with Crippen molar-refractivity contribution in [2.75, 3.05) is 12.3 Å². The van der Waals surface area contributed by atoms with Gasteiger partial charge >= 0.3 is 0 Å². The lowest BCUT2D eigenvalue weighted by Crippen LogP contribution is -2.48. The largest absolute Gasteiger partial charge is 0.397 e. The van der Waals surface area contributed by atoms with Crippen LogP contribution in [0.25, 0.3) is 0 Å². The topological polar surface area (TPSA) is 80.3 Å². The highest BCUT2D eigenvalue weighted by Crippen LogP contribution is 2.12. The van der Waals surface area contributed by atoms with Gasteiger partial charge in [-0.15, -0.1) is 0 Å². The summed E-state index contributed by atoms with van der Waals surface area (Å²) in [5, 5.41) is 12.0. The number of nitrogen functional groups attached to an aromatic ring is 1. The smallest absolute Gasteiger partial charge is 0.268 e. The lowest BCUT2D eigenvalue weighted by molar-refractivity contribution is 0.0839. The molecule has 0 saturated heterocycles. The fourth-order valence-corrected chi connectivity index (χ4v) is 1.39. The van der Waals surface area contributed by atoms with Gasteiger partial charge in [0, 0.05) is 13.2 Å². The molecule has 0 aromatic carbocycles. The van der Waals surface area contributed by atoms with Crippen molar-refractivity contribution in [3.05, 3.63) is 18.0 Å². The van der Waals surface area contributed by atoms with Gasteiger partial charge in [-0.2, -0.15) is 0 Å². The highest BCUT2D eigenvalue weighted by molar-refractivity contribution is 5.94. The van der Waals surface area contributed by atoms with E-state index in [9.17, 15) is 9.90 Å². The van der Waals surface area contributed by atoms with E-state index in [1.807, 2.05) is 6.92 Å². The molecule has 1 rings (SSSR count). The molecule has 1 amide bonds. The molecule has 1 aromatic heterocycles. The molecule has 0 saturated carbocycles. The third-order valence-electron chi connectivity index (χ3n) is 2.80. The maximum atomic E-state index is 11.9. The number of aliphatic hydroxyl groups is 1. The van der Waals surface area contributed by atoms with Crippen LogP contribution in [0, 0.1) is 0 Å². The van der Waals surface area contributed by atoms with Gasteiger partial charge in [-0.3, -0.25) is 4.79 Å². The maximum absolute atomic E-state index is 11.9. The molecule has 1 heterocycles. The highest BCUT2D eigenvalue weighted by Gasteiger charge is 2.24. The summed E-state index contributed by atoms with van der Waals surface area (Å²) in [4.78, 5) is 11.9. The van der Waals surface area contributed by atoms with Gasteiger partial charge in [0.1, 0.15) is 5.69 Å². The van der Waals surface area contributed by atoms with Gasteiger partial charge in [0.05, 0.1) is 17.8 Å². The van der Waals surface area contributed by atoms with Crippen LogP contribution in [0.3, 0.4) is 0 Å². The lowest BCUT2D eigenvalue weighted by Gasteiger charge is -2.27. The Bertz CT molecular complexity index is 381. The molecular formula is C11H19N3O2. The van der Waals surface area contributed by atoms with E-state index in [0.717, 1.165) is 0 Å². The van der Waals surface area contributed by atoms with E-state index in [1.165, 1.54) is 0 Å². The molecule has 16 heavy (non-hydrogen) atoms. The number of nitrogens with two attached hydrogens (primary N) is 1. The van der Waals surface area contributed by atoms with Crippen molar-refractivity contribution in [1.82, 2.24) is 9.88 Å². The minimum atomic E-state index is -0.587. The van der Waals surface area contributed by atoms with Crippen LogP contribution in [0.1, 0.15) is 30.8 Å². The zero-order valence-corrected chi connectivity index (χ0v) is 9.95. The summed E-state index contributed by atoms with van der Waals surface area (Å²) in [6.07, 6.45) is 2.34. The Morgan fingerprint density at radius 3 is 2.69 bits per heavy atom. The predicted molar refractivity (Wildman–Crippen MR) is 63.1 cm³/mol.